The molecule has 1 heterocycles. The van der Waals surface area contributed by atoms with E-state index < -0.39 is 0 Å². The van der Waals surface area contributed by atoms with Crippen LogP contribution in [-0.4, -0.2) is 37.7 Å². The Morgan fingerprint density at radius 1 is 1.64 bits per heavy atom. The maximum atomic E-state index is 5.30. The summed E-state index contributed by atoms with van der Waals surface area (Å²) in [5.74, 6) is 0.764. The van der Waals surface area contributed by atoms with E-state index in [0.717, 1.165) is 5.92 Å². The predicted molar refractivity (Wildman–Crippen MR) is 46.7 cm³/mol. The van der Waals surface area contributed by atoms with Crippen LogP contribution in [0.4, 0.5) is 0 Å². The van der Waals surface area contributed by atoms with Crippen LogP contribution in [0.15, 0.2) is 0 Å². The van der Waals surface area contributed by atoms with Crippen molar-refractivity contribution < 1.29 is 4.74 Å². The average Bonchev–Trinajstić information content (AvgIpc) is 2.50. The van der Waals surface area contributed by atoms with Gasteiger partial charge in [0.15, 0.2) is 0 Å². The maximum Gasteiger partial charge on any atom is 0.0584 e. The van der Waals surface area contributed by atoms with Crippen molar-refractivity contribution in [3.8, 4) is 0 Å². The second kappa shape index (κ2) is 4.07. The van der Waals surface area contributed by atoms with Crippen molar-refractivity contribution in [2.45, 2.75) is 26.4 Å². The van der Waals surface area contributed by atoms with E-state index in [1.54, 1.807) is 7.11 Å². The van der Waals surface area contributed by atoms with E-state index in [0.29, 0.717) is 6.10 Å². The molecule has 1 saturated heterocycles. The van der Waals surface area contributed by atoms with Crippen LogP contribution < -0.4 is 0 Å². The molecule has 0 N–H and O–H groups in total. The zero-order chi connectivity index (χ0) is 8.27. The van der Waals surface area contributed by atoms with Crippen molar-refractivity contribution in [1.29, 1.82) is 0 Å². The normalized spacial score (nSPS) is 29.2. The molecule has 0 aromatic rings. The van der Waals surface area contributed by atoms with Gasteiger partial charge in [-0.05, 0) is 32.4 Å². The number of likely N-dealkylation sites (tertiary alicyclic amines) is 1. The van der Waals surface area contributed by atoms with Gasteiger partial charge in [-0.3, -0.25) is 0 Å². The molecule has 0 bridgehead atoms. The quantitative estimate of drug-likeness (QED) is 0.613. The van der Waals surface area contributed by atoms with Crippen molar-refractivity contribution in [2.75, 3.05) is 26.7 Å². The van der Waals surface area contributed by atoms with Crippen molar-refractivity contribution in [2.24, 2.45) is 5.92 Å². The Bertz CT molecular complexity index is 116. The summed E-state index contributed by atoms with van der Waals surface area (Å²) in [5, 5.41) is 0. The van der Waals surface area contributed by atoms with Gasteiger partial charge in [0, 0.05) is 13.7 Å². The minimum absolute atomic E-state index is 0.437. The minimum atomic E-state index is 0.437. The second-order valence-electron chi connectivity index (χ2n) is 3.38. The standard InChI is InChI=1S/C9H19NO/c1-4-10-6-5-9(7-10)8(2)11-3/h8-9H,4-7H2,1-3H3/t8-,9-/m0/s1. The zero-order valence-electron chi connectivity index (χ0n) is 7.84. The van der Waals surface area contributed by atoms with Crippen LogP contribution in [-0.2, 0) is 4.74 Å². The van der Waals surface area contributed by atoms with Gasteiger partial charge in [-0.15, -0.1) is 0 Å². The highest BCUT2D eigenvalue weighted by molar-refractivity contribution is 4.78. The lowest BCUT2D eigenvalue weighted by Gasteiger charge is -2.18. The van der Waals surface area contributed by atoms with Crippen LogP contribution in [0.3, 0.4) is 0 Å². The summed E-state index contributed by atoms with van der Waals surface area (Å²) >= 11 is 0. The van der Waals surface area contributed by atoms with Crippen LogP contribution in [0, 0.1) is 5.92 Å². The first-order valence-corrected chi connectivity index (χ1v) is 4.53. The Balaban J connectivity index is 2.29. The summed E-state index contributed by atoms with van der Waals surface area (Å²) in [6.07, 6.45) is 1.74. The molecule has 0 unspecified atom stereocenters. The maximum absolute atomic E-state index is 5.30. The number of ether oxygens (including phenoxy) is 1. The molecule has 0 aliphatic carbocycles. The molecule has 0 aromatic carbocycles. The van der Waals surface area contributed by atoms with Crippen LogP contribution in [0.5, 0.6) is 0 Å². The molecule has 1 aliphatic heterocycles. The molecular weight excluding hydrogens is 138 g/mol. The van der Waals surface area contributed by atoms with Crippen molar-refractivity contribution in [3.05, 3.63) is 0 Å². The van der Waals surface area contributed by atoms with Gasteiger partial charge in [-0.1, -0.05) is 6.92 Å². The monoisotopic (exact) mass is 157 g/mol. The molecule has 11 heavy (non-hydrogen) atoms. The van der Waals surface area contributed by atoms with E-state index in [2.05, 4.69) is 18.7 Å². The fourth-order valence-electron chi connectivity index (χ4n) is 1.73. The molecule has 0 saturated carbocycles. The van der Waals surface area contributed by atoms with Gasteiger partial charge in [0.2, 0.25) is 0 Å². The first-order valence-electron chi connectivity index (χ1n) is 4.53. The third kappa shape index (κ3) is 2.17. The average molecular weight is 157 g/mol. The molecule has 0 amide bonds. The molecule has 2 nitrogen and oxygen atoms in total. The second-order valence-corrected chi connectivity index (χ2v) is 3.38. The first kappa shape index (κ1) is 9.01. The van der Waals surface area contributed by atoms with Crippen molar-refractivity contribution in [3.63, 3.8) is 0 Å². The molecule has 1 aliphatic rings. The molecule has 2 heteroatoms. The Kier molecular flexibility index (Phi) is 3.34. The summed E-state index contributed by atoms with van der Waals surface area (Å²) in [7, 11) is 1.80. The minimum Gasteiger partial charge on any atom is -0.381 e. The number of nitrogens with zero attached hydrogens (tertiary/aromatic N) is 1. The van der Waals surface area contributed by atoms with Crippen LogP contribution in [0.2, 0.25) is 0 Å². The topological polar surface area (TPSA) is 12.5 Å². The number of rotatable bonds is 3. The van der Waals surface area contributed by atoms with Gasteiger partial charge in [0.1, 0.15) is 0 Å². The number of methoxy groups -OCH3 is 1. The van der Waals surface area contributed by atoms with Gasteiger partial charge in [0.25, 0.3) is 0 Å². The third-order valence-corrected chi connectivity index (χ3v) is 2.79. The highest BCUT2D eigenvalue weighted by Gasteiger charge is 2.25. The van der Waals surface area contributed by atoms with Gasteiger partial charge < -0.3 is 9.64 Å². The van der Waals surface area contributed by atoms with E-state index >= 15 is 0 Å². The van der Waals surface area contributed by atoms with Crippen LogP contribution in [0.1, 0.15) is 20.3 Å². The van der Waals surface area contributed by atoms with Gasteiger partial charge >= 0.3 is 0 Å². The Morgan fingerprint density at radius 3 is 2.82 bits per heavy atom. The molecule has 66 valence electrons. The number of hydrogen-bond donors (Lipinski definition) is 0. The van der Waals surface area contributed by atoms with E-state index in [-0.39, 0.29) is 0 Å². The summed E-state index contributed by atoms with van der Waals surface area (Å²) in [6.45, 7) is 8.07. The smallest absolute Gasteiger partial charge is 0.0584 e. The fraction of sp³-hybridized carbons (Fsp3) is 1.00. The molecule has 0 radical (unpaired) electrons. The van der Waals surface area contributed by atoms with E-state index in [1.807, 2.05) is 0 Å². The fourth-order valence-corrected chi connectivity index (χ4v) is 1.73. The van der Waals surface area contributed by atoms with E-state index in [9.17, 15) is 0 Å². The first-order chi connectivity index (χ1) is 5.27. The van der Waals surface area contributed by atoms with Gasteiger partial charge in [-0.2, -0.15) is 0 Å². The highest BCUT2D eigenvalue weighted by atomic mass is 16.5. The zero-order valence-corrected chi connectivity index (χ0v) is 7.84. The SMILES string of the molecule is CCN1CC[C@H]([C@H](C)OC)C1. The molecule has 1 fully saturated rings. The number of hydrogen-bond acceptors (Lipinski definition) is 2. The highest BCUT2D eigenvalue weighted by Crippen LogP contribution is 2.20. The summed E-state index contributed by atoms with van der Waals surface area (Å²) in [5.41, 5.74) is 0. The summed E-state index contributed by atoms with van der Waals surface area (Å²) in [6, 6.07) is 0. The molecular formula is C9H19NO. The van der Waals surface area contributed by atoms with Gasteiger partial charge in [-0.25, -0.2) is 0 Å². The Morgan fingerprint density at radius 2 is 2.36 bits per heavy atom. The lowest BCUT2D eigenvalue weighted by atomic mass is 10.0. The lowest BCUT2D eigenvalue weighted by Crippen LogP contribution is -2.25. The molecule has 0 aromatic heterocycles. The van der Waals surface area contributed by atoms with Crippen LogP contribution >= 0.6 is 0 Å². The summed E-state index contributed by atoms with van der Waals surface area (Å²) in [4.78, 5) is 2.49. The van der Waals surface area contributed by atoms with Crippen LogP contribution in [0.25, 0.3) is 0 Å². The third-order valence-electron chi connectivity index (χ3n) is 2.79. The Hall–Kier alpha value is -0.0800. The van der Waals surface area contributed by atoms with Gasteiger partial charge in [0.05, 0.1) is 6.10 Å². The van der Waals surface area contributed by atoms with E-state index in [1.165, 1.54) is 26.1 Å². The van der Waals surface area contributed by atoms with E-state index in [4.69, 9.17) is 4.74 Å². The lowest BCUT2D eigenvalue weighted by molar-refractivity contribution is 0.0699. The van der Waals surface area contributed by atoms with Crippen molar-refractivity contribution >= 4 is 0 Å². The predicted octanol–water partition coefficient (Wildman–Crippen LogP) is 1.36. The largest absolute Gasteiger partial charge is 0.381 e. The molecule has 0 spiro atoms. The molecule has 1 rings (SSSR count). The Labute approximate surface area is 69.5 Å². The summed E-state index contributed by atoms with van der Waals surface area (Å²) < 4.78 is 5.30. The molecule has 2 atom stereocenters. The van der Waals surface area contributed by atoms with Crippen molar-refractivity contribution in [1.82, 2.24) is 4.90 Å².